The standard InChI is InChI=1S/C14H21N3O3/c1-16(2)6-7-17-11-8-12(18-3)14(20-5)13(19-4)10(11)9-15-17/h8-9H,6-7H2,1-5H3. The van der Waals surface area contributed by atoms with E-state index in [0.717, 1.165) is 24.0 Å². The fourth-order valence-electron chi connectivity index (χ4n) is 2.17. The highest BCUT2D eigenvalue weighted by atomic mass is 16.5. The molecule has 6 nitrogen and oxygen atoms in total. The molecule has 2 rings (SSSR count). The molecule has 0 aliphatic heterocycles. The Hall–Kier alpha value is -1.95. The van der Waals surface area contributed by atoms with Gasteiger partial charge >= 0.3 is 0 Å². The summed E-state index contributed by atoms with van der Waals surface area (Å²) >= 11 is 0. The van der Waals surface area contributed by atoms with Gasteiger partial charge in [0.15, 0.2) is 11.5 Å². The Labute approximate surface area is 118 Å². The molecule has 0 saturated heterocycles. The van der Waals surface area contributed by atoms with Gasteiger partial charge < -0.3 is 19.1 Å². The van der Waals surface area contributed by atoms with Crippen LogP contribution in [0.2, 0.25) is 0 Å². The van der Waals surface area contributed by atoms with E-state index in [9.17, 15) is 0 Å². The van der Waals surface area contributed by atoms with Crippen LogP contribution in [0.25, 0.3) is 10.9 Å². The smallest absolute Gasteiger partial charge is 0.204 e. The lowest BCUT2D eigenvalue weighted by Crippen LogP contribution is -2.18. The number of hydrogen-bond donors (Lipinski definition) is 0. The largest absolute Gasteiger partial charge is 0.493 e. The third kappa shape index (κ3) is 2.51. The van der Waals surface area contributed by atoms with Gasteiger partial charge in [0.25, 0.3) is 0 Å². The first-order chi connectivity index (χ1) is 9.62. The lowest BCUT2D eigenvalue weighted by Gasteiger charge is -2.14. The first-order valence-electron chi connectivity index (χ1n) is 6.41. The topological polar surface area (TPSA) is 48.8 Å². The molecule has 0 saturated carbocycles. The van der Waals surface area contributed by atoms with E-state index < -0.39 is 0 Å². The maximum Gasteiger partial charge on any atom is 0.204 e. The molecule has 20 heavy (non-hydrogen) atoms. The fraction of sp³-hybridized carbons (Fsp3) is 0.500. The number of hydrogen-bond acceptors (Lipinski definition) is 5. The lowest BCUT2D eigenvalue weighted by atomic mass is 10.2. The molecular formula is C14H21N3O3. The van der Waals surface area contributed by atoms with Crippen molar-refractivity contribution in [3.05, 3.63) is 12.3 Å². The van der Waals surface area contributed by atoms with Crippen molar-refractivity contribution in [1.29, 1.82) is 0 Å². The van der Waals surface area contributed by atoms with E-state index in [0.29, 0.717) is 17.2 Å². The molecule has 0 spiro atoms. The van der Waals surface area contributed by atoms with Crippen LogP contribution in [0.4, 0.5) is 0 Å². The number of fused-ring (bicyclic) bond motifs is 1. The van der Waals surface area contributed by atoms with Crippen molar-refractivity contribution in [3.63, 3.8) is 0 Å². The van der Waals surface area contributed by atoms with Crippen molar-refractivity contribution in [1.82, 2.24) is 14.7 Å². The summed E-state index contributed by atoms with van der Waals surface area (Å²) in [6.45, 7) is 1.71. The average molecular weight is 279 g/mol. The van der Waals surface area contributed by atoms with E-state index >= 15 is 0 Å². The molecule has 0 aliphatic carbocycles. The number of likely N-dealkylation sites (N-methyl/N-ethyl adjacent to an activating group) is 1. The monoisotopic (exact) mass is 279 g/mol. The van der Waals surface area contributed by atoms with E-state index in [1.165, 1.54) is 0 Å². The molecule has 1 heterocycles. The zero-order chi connectivity index (χ0) is 14.7. The zero-order valence-electron chi connectivity index (χ0n) is 12.6. The Morgan fingerprint density at radius 3 is 2.35 bits per heavy atom. The second-order valence-corrected chi connectivity index (χ2v) is 4.75. The predicted molar refractivity (Wildman–Crippen MR) is 77.9 cm³/mol. The predicted octanol–water partition coefficient (Wildman–Crippen LogP) is 1.62. The van der Waals surface area contributed by atoms with Crippen molar-refractivity contribution in [2.75, 3.05) is 42.0 Å². The van der Waals surface area contributed by atoms with Crippen molar-refractivity contribution >= 4 is 10.9 Å². The van der Waals surface area contributed by atoms with E-state index in [1.807, 2.05) is 24.8 Å². The van der Waals surface area contributed by atoms with Crippen LogP contribution in [0.15, 0.2) is 12.3 Å². The molecule has 1 aromatic heterocycles. The highest BCUT2D eigenvalue weighted by molar-refractivity contribution is 5.90. The van der Waals surface area contributed by atoms with Gasteiger partial charge in [0.05, 0.1) is 45.0 Å². The second kappa shape index (κ2) is 6.00. The summed E-state index contributed by atoms with van der Waals surface area (Å²) in [6.07, 6.45) is 1.80. The molecule has 0 atom stereocenters. The molecule has 0 N–H and O–H groups in total. The molecule has 0 fully saturated rings. The Bertz CT molecular complexity index is 593. The van der Waals surface area contributed by atoms with Gasteiger partial charge in [0.1, 0.15) is 0 Å². The first-order valence-corrected chi connectivity index (χ1v) is 6.41. The van der Waals surface area contributed by atoms with Gasteiger partial charge in [0, 0.05) is 12.6 Å². The van der Waals surface area contributed by atoms with Crippen LogP contribution in [0.1, 0.15) is 0 Å². The third-order valence-electron chi connectivity index (χ3n) is 3.21. The van der Waals surface area contributed by atoms with E-state index in [2.05, 4.69) is 10.00 Å². The Morgan fingerprint density at radius 2 is 1.80 bits per heavy atom. The van der Waals surface area contributed by atoms with Crippen LogP contribution in [-0.4, -0.2) is 56.6 Å². The van der Waals surface area contributed by atoms with Gasteiger partial charge in [0.2, 0.25) is 5.75 Å². The van der Waals surface area contributed by atoms with Crippen molar-refractivity contribution in [2.45, 2.75) is 6.54 Å². The molecule has 0 radical (unpaired) electrons. The maximum absolute atomic E-state index is 5.46. The summed E-state index contributed by atoms with van der Waals surface area (Å²) in [5, 5.41) is 5.35. The summed E-state index contributed by atoms with van der Waals surface area (Å²) in [5.41, 5.74) is 0.973. The summed E-state index contributed by atoms with van der Waals surface area (Å²) in [6, 6.07) is 1.93. The zero-order valence-corrected chi connectivity index (χ0v) is 12.6. The third-order valence-corrected chi connectivity index (χ3v) is 3.21. The van der Waals surface area contributed by atoms with Crippen LogP contribution in [-0.2, 0) is 6.54 Å². The molecule has 6 heteroatoms. The van der Waals surface area contributed by atoms with Crippen LogP contribution in [0, 0.1) is 0 Å². The normalized spacial score (nSPS) is 11.1. The number of benzene rings is 1. The van der Waals surface area contributed by atoms with Gasteiger partial charge in [-0.2, -0.15) is 5.10 Å². The molecule has 0 bridgehead atoms. The first kappa shape index (κ1) is 14.5. The quantitative estimate of drug-likeness (QED) is 0.804. The van der Waals surface area contributed by atoms with Gasteiger partial charge in [-0.05, 0) is 14.1 Å². The minimum absolute atomic E-state index is 0.592. The van der Waals surface area contributed by atoms with Crippen LogP contribution in [0.3, 0.4) is 0 Å². The highest BCUT2D eigenvalue weighted by Gasteiger charge is 2.18. The SMILES string of the molecule is COc1cc2c(cnn2CCN(C)C)c(OC)c1OC. The van der Waals surface area contributed by atoms with Crippen molar-refractivity contribution in [2.24, 2.45) is 0 Å². The lowest BCUT2D eigenvalue weighted by molar-refractivity contribution is 0.327. The number of rotatable bonds is 6. The van der Waals surface area contributed by atoms with Crippen molar-refractivity contribution < 1.29 is 14.2 Å². The Morgan fingerprint density at radius 1 is 1.10 bits per heavy atom. The second-order valence-electron chi connectivity index (χ2n) is 4.75. The minimum Gasteiger partial charge on any atom is -0.493 e. The van der Waals surface area contributed by atoms with Crippen LogP contribution >= 0.6 is 0 Å². The molecule has 0 amide bonds. The van der Waals surface area contributed by atoms with Gasteiger partial charge in [-0.3, -0.25) is 4.68 Å². The highest BCUT2D eigenvalue weighted by Crippen LogP contribution is 2.43. The van der Waals surface area contributed by atoms with E-state index in [-0.39, 0.29) is 0 Å². The van der Waals surface area contributed by atoms with E-state index in [1.54, 1.807) is 27.5 Å². The summed E-state index contributed by atoms with van der Waals surface area (Å²) in [4.78, 5) is 2.12. The molecule has 110 valence electrons. The molecule has 0 aliphatic rings. The van der Waals surface area contributed by atoms with E-state index in [4.69, 9.17) is 14.2 Å². The average Bonchev–Trinajstić information content (AvgIpc) is 2.85. The maximum atomic E-state index is 5.46. The Kier molecular flexibility index (Phi) is 4.34. The minimum atomic E-state index is 0.592. The summed E-state index contributed by atoms with van der Waals surface area (Å²) in [7, 11) is 8.91. The van der Waals surface area contributed by atoms with Gasteiger partial charge in [-0.25, -0.2) is 0 Å². The Balaban J connectivity index is 2.55. The summed E-state index contributed by atoms with van der Waals surface area (Å²) < 4.78 is 18.2. The summed E-state index contributed by atoms with van der Waals surface area (Å²) in [5.74, 6) is 1.89. The van der Waals surface area contributed by atoms with Crippen molar-refractivity contribution in [3.8, 4) is 17.2 Å². The number of ether oxygens (including phenoxy) is 3. The van der Waals surface area contributed by atoms with Gasteiger partial charge in [-0.1, -0.05) is 0 Å². The molecule has 2 aromatic rings. The molecular weight excluding hydrogens is 258 g/mol. The van der Waals surface area contributed by atoms with Crippen LogP contribution in [0.5, 0.6) is 17.2 Å². The van der Waals surface area contributed by atoms with Gasteiger partial charge in [-0.15, -0.1) is 0 Å². The van der Waals surface area contributed by atoms with Crippen LogP contribution < -0.4 is 14.2 Å². The fourth-order valence-corrected chi connectivity index (χ4v) is 2.17. The number of methoxy groups -OCH3 is 3. The number of aromatic nitrogens is 2. The molecule has 0 unspecified atom stereocenters. The number of nitrogens with zero attached hydrogens (tertiary/aromatic N) is 3. The molecule has 1 aromatic carbocycles.